The summed E-state index contributed by atoms with van der Waals surface area (Å²) in [5.74, 6) is 1.62. The van der Waals surface area contributed by atoms with Crippen LogP contribution in [0.1, 0.15) is 32.6 Å². The molecule has 6 heteroatoms. The molecule has 2 aliphatic rings. The molecule has 0 radical (unpaired) electrons. The van der Waals surface area contributed by atoms with Crippen LogP contribution in [0.15, 0.2) is 41.6 Å². The zero-order chi connectivity index (χ0) is 18.4. The van der Waals surface area contributed by atoms with Crippen molar-refractivity contribution in [1.29, 1.82) is 0 Å². The van der Waals surface area contributed by atoms with E-state index in [9.17, 15) is 4.79 Å². The number of anilines is 1. The molecule has 2 heterocycles. The lowest BCUT2D eigenvalue weighted by atomic mass is 9.92. The number of hydrogen-bond acceptors (Lipinski definition) is 4. The van der Waals surface area contributed by atoms with E-state index >= 15 is 0 Å². The Morgan fingerprint density at radius 3 is 2.92 bits per heavy atom. The fourth-order valence-electron chi connectivity index (χ4n) is 3.51. The van der Waals surface area contributed by atoms with Crippen LogP contribution in [0.25, 0.3) is 0 Å². The van der Waals surface area contributed by atoms with E-state index in [0.29, 0.717) is 5.15 Å². The molecule has 1 aliphatic carbocycles. The van der Waals surface area contributed by atoms with Gasteiger partial charge >= 0.3 is 0 Å². The topological polar surface area (TPSA) is 58.2 Å². The maximum Gasteiger partial charge on any atom is 0.203 e. The van der Waals surface area contributed by atoms with Crippen LogP contribution in [0.2, 0.25) is 5.15 Å². The number of carbonyl (C=O) groups excluding carboxylic acids is 1. The Morgan fingerprint density at radius 2 is 2.23 bits per heavy atom. The van der Waals surface area contributed by atoms with Gasteiger partial charge in [-0.2, -0.15) is 0 Å². The van der Waals surface area contributed by atoms with Crippen molar-refractivity contribution in [3.8, 4) is 0 Å². The first-order chi connectivity index (χ1) is 12.7. The minimum absolute atomic E-state index is 0.0470. The molecule has 1 aromatic rings. The monoisotopic (exact) mass is 375 g/mol. The lowest BCUT2D eigenvalue weighted by molar-refractivity contribution is -0.104. The summed E-state index contributed by atoms with van der Waals surface area (Å²) in [5.41, 5.74) is 1.69. The second-order valence-corrected chi connectivity index (χ2v) is 7.34. The minimum Gasteiger partial charge on any atom is -0.370 e. The number of aromatic nitrogens is 2. The highest BCUT2D eigenvalue weighted by Crippen LogP contribution is 2.25. The molecular formula is C20H26ClN3O2. The number of rotatable bonds is 7. The largest absolute Gasteiger partial charge is 0.370 e. The molecule has 0 saturated carbocycles. The van der Waals surface area contributed by atoms with Crippen molar-refractivity contribution in [1.82, 2.24) is 9.97 Å². The van der Waals surface area contributed by atoms with E-state index in [2.05, 4.69) is 14.9 Å². The first kappa shape index (κ1) is 18.9. The van der Waals surface area contributed by atoms with Gasteiger partial charge in [0.1, 0.15) is 11.4 Å². The highest BCUT2D eigenvalue weighted by Gasteiger charge is 2.20. The molecule has 1 N–H and O–H groups in total. The van der Waals surface area contributed by atoms with Gasteiger partial charge in [0.25, 0.3) is 0 Å². The molecule has 140 valence electrons. The quantitative estimate of drug-likeness (QED) is 0.576. The smallest absolute Gasteiger partial charge is 0.203 e. The number of imidazole rings is 1. The second kappa shape index (κ2) is 9.19. The molecule has 0 aromatic carbocycles. The number of piperidine rings is 1. The standard InChI is InChI=1S/C20H26ClN3O2/c1-15-12-18(6-2-5-17(15)14-25)26-11-3-4-16-7-9-24(10-8-16)20-22-13-19(21)23-20/h2,5-6,12-14,16,18H,3-4,7-11H2,1H3,(H,22,23). The van der Waals surface area contributed by atoms with Gasteiger partial charge in [0, 0.05) is 25.3 Å². The van der Waals surface area contributed by atoms with Crippen LogP contribution in [0.3, 0.4) is 0 Å². The Hall–Kier alpha value is -1.85. The van der Waals surface area contributed by atoms with Crippen LogP contribution in [0.4, 0.5) is 5.95 Å². The van der Waals surface area contributed by atoms with E-state index in [0.717, 1.165) is 55.4 Å². The van der Waals surface area contributed by atoms with Crippen LogP contribution in [0.5, 0.6) is 0 Å². The zero-order valence-electron chi connectivity index (χ0n) is 15.2. The molecule has 1 atom stereocenters. The summed E-state index contributed by atoms with van der Waals surface area (Å²) in [6.45, 7) is 4.72. The van der Waals surface area contributed by atoms with Crippen molar-refractivity contribution in [3.05, 3.63) is 46.8 Å². The van der Waals surface area contributed by atoms with Crippen molar-refractivity contribution in [2.45, 2.75) is 38.7 Å². The van der Waals surface area contributed by atoms with Gasteiger partial charge in [-0.1, -0.05) is 29.8 Å². The van der Waals surface area contributed by atoms with Crippen molar-refractivity contribution >= 4 is 23.8 Å². The third-order valence-corrected chi connectivity index (χ3v) is 5.28. The van der Waals surface area contributed by atoms with E-state index in [4.69, 9.17) is 16.3 Å². The van der Waals surface area contributed by atoms with Gasteiger partial charge < -0.3 is 14.6 Å². The van der Waals surface area contributed by atoms with Gasteiger partial charge in [-0.3, -0.25) is 4.79 Å². The Balaban J connectivity index is 1.35. The van der Waals surface area contributed by atoms with E-state index in [1.54, 1.807) is 6.20 Å². The molecule has 1 saturated heterocycles. The molecule has 5 nitrogen and oxygen atoms in total. The summed E-state index contributed by atoms with van der Waals surface area (Å²) < 4.78 is 5.96. The molecule has 0 amide bonds. The lowest BCUT2D eigenvalue weighted by Crippen LogP contribution is -2.34. The van der Waals surface area contributed by atoms with Gasteiger partial charge in [-0.25, -0.2) is 4.98 Å². The number of hydrogen-bond donors (Lipinski definition) is 1. The maximum atomic E-state index is 11.0. The summed E-state index contributed by atoms with van der Waals surface area (Å²) >= 11 is 5.90. The predicted octanol–water partition coefficient (Wildman–Crippen LogP) is 4.09. The number of H-pyrrole nitrogens is 1. The van der Waals surface area contributed by atoms with Gasteiger partial charge in [-0.15, -0.1) is 0 Å². The van der Waals surface area contributed by atoms with Crippen LogP contribution in [0, 0.1) is 5.92 Å². The SMILES string of the molecule is CC1=CC(OCCCC2CCN(c3ncc(Cl)[nH]3)CC2)C=CC=C1C=O. The maximum absolute atomic E-state index is 11.0. The molecule has 1 aliphatic heterocycles. The first-order valence-electron chi connectivity index (χ1n) is 9.25. The van der Waals surface area contributed by atoms with Crippen molar-refractivity contribution in [2.75, 3.05) is 24.6 Å². The number of nitrogens with one attached hydrogen (secondary N) is 1. The van der Waals surface area contributed by atoms with E-state index in [1.807, 2.05) is 31.2 Å². The van der Waals surface area contributed by atoms with E-state index in [-0.39, 0.29) is 6.10 Å². The summed E-state index contributed by atoms with van der Waals surface area (Å²) in [7, 11) is 0. The Kier molecular flexibility index (Phi) is 6.69. The molecule has 0 bridgehead atoms. The zero-order valence-corrected chi connectivity index (χ0v) is 15.9. The normalized spacial score (nSPS) is 21.3. The highest BCUT2D eigenvalue weighted by atomic mass is 35.5. The number of aldehydes is 1. The summed E-state index contributed by atoms with van der Waals surface area (Å²) in [5, 5.41) is 0.589. The predicted molar refractivity (Wildman–Crippen MR) is 105 cm³/mol. The van der Waals surface area contributed by atoms with Crippen LogP contribution in [-0.4, -0.2) is 42.1 Å². The number of halogens is 1. The van der Waals surface area contributed by atoms with Crippen molar-refractivity contribution < 1.29 is 9.53 Å². The van der Waals surface area contributed by atoms with Crippen LogP contribution >= 0.6 is 11.6 Å². The summed E-state index contributed by atoms with van der Waals surface area (Å²) in [6, 6.07) is 0. The molecule has 0 spiro atoms. The summed E-state index contributed by atoms with van der Waals surface area (Å²) in [6.07, 6.45) is 14.8. The fourth-order valence-corrected chi connectivity index (χ4v) is 3.64. The van der Waals surface area contributed by atoms with Crippen molar-refractivity contribution in [3.63, 3.8) is 0 Å². The van der Waals surface area contributed by atoms with E-state index in [1.165, 1.54) is 19.3 Å². The highest BCUT2D eigenvalue weighted by molar-refractivity contribution is 6.29. The van der Waals surface area contributed by atoms with Gasteiger partial charge in [0.05, 0.1) is 12.3 Å². The average Bonchev–Trinajstić information content (AvgIpc) is 3.00. The van der Waals surface area contributed by atoms with Crippen LogP contribution < -0.4 is 4.90 Å². The number of allylic oxidation sites excluding steroid dienone is 4. The van der Waals surface area contributed by atoms with E-state index < -0.39 is 0 Å². The minimum atomic E-state index is -0.0470. The van der Waals surface area contributed by atoms with Gasteiger partial charge in [-0.05, 0) is 50.2 Å². The number of carbonyl (C=O) groups is 1. The van der Waals surface area contributed by atoms with Crippen molar-refractivity contribution in [2.24, 2.45) is 5.92 Å². The summed E-state index contributed by atoms with van der Waals surface area (Å²) in [4.78, 5) is 20.6. The molecule has 1 fully saturated rings. The van der Waals surface area contributed by atoms with Crippen LogP contribution in [-0.2, 0) is 9.53 Å². The third-order valence-electron chi connectivity index (χ3n) is 5.09. The molecule has 3 rings (SSSR count). The fraction of sp³-hybridized carbons (Fsp3) is 0.500. The number of nitrogens with zero attached hydrogens (tertiary/aromatic N) is 2. The Morgan fingerprint density at radius 1 is 1.42 bits per heavy atom. The number of ether oxygens (including phenoxy) is 1. The molecule has 26 heavy (non-hydrogen) atoms. The average molecular weight is 376 g/mol. The Bertz CT molecular complexity index is 700. The molecule has 1 unspecified atom stereocenters. The lowest BCUT2D eigenvalue weighted by Gasteiger charge is -2.31. The van der Waals surface area contributed by atoms with Gasteiger partial charge in [0.15, 0.2) is 0 Å². The Labute approximate surface area is 159 Å². The number of aromatic amines is 1. The molecule has 1 aromatic heterocycles. The van der Waals surface area contributed by atoms with Gasteiger partial charge in [0.2, 0.25) is 5.95 Å². The first-order valence-corrected chi connectivity index (χ1v) is 9.63. The second-order valence-electron chi connectivity index (χ2n) is 6.94. The molecular weight excluding hydrogens is 350 g/mol. The third kappa shape index (κ3) is 5.08.